The van der Waals surface area contributed by atoms with Crippen molar-refractivity contribution in [1.82, 2.24) is 9.62 Å². The van der Waals surface area contributed by atoms with Crippen LogP contribution in [0.1, 0.15) is 36.8 Å². The minimum absolute atomic E-state index is 0.0813. The molecule has 0 aromatic heterocycles. The second-order valence-electron chi connectivity index (χ2n) is 7.77. The zero-order valence-corrected chi connectivity index (χ0v) is 16.9. The number of benzene rings is 2. The highest BCUT2D eigenvalue weighted by atomic mass is 32.2. The number of para-hydroxylation sites is 1. The lowest BCUT2D eigenvalue weighted by Gasteiger charge is -2.46. The third-order valence-corrected chi connectivity index (χ3v) is 7.35. The largest absolute Gasteiger partial charge is 0.365 e. The summed E-state index contributed by atoms with van der Waals surface area (Å²) in [7, 11) is -3.57. The van der Waals surface area contributed by atoms with Crippen LogP contribution >= 0.6 is 0 Å². The van der Waals surface area contributed by atoms with Crippen LogP contribution in [0, 0.1) is 6.92 Å². The van der Waals surface area contributed by atoms with Crippen molar-refractivity contribution in [3.05, 3.63) is 59.7 Å². The van der Waals surface area contributed by atoms with Crippen molar-refractivity contribution in [1.29, 1.82) is 0 Å². The molecule has 0 aliphatic carbocycles. The number of rotatable bonds is 2. The van der Waals surface area contributed by atoms with Crippen molar-refractivity contribution in [2.24, 2.45) is 0 Å². The minimum atomic E-state index is -3.57. The van der Waals surface area contributed by atoms with Gasteiger partial charge in [0.2, 0.25) is 15.9 Å². The maximum absolute atomic E-state index is 12.9. The second-order valence-corrected chi connectivity index (χ2v) is 9.42. The van der Waals surface area contributed by atoms with E-state index >= 15 is 0 Å². The van der Waals surface area contributed by atoms with Crippen LogP contribution in [0.25, 0.3) is 0 Å². The molecule has 1 amide bonds. The zero-order valence-electron chi connectivity index (χ0n) is 16.1. The normalized spacial score (nSPS) is 20.9. The zero-order chi connectivity index (χ0) is 19.9. The van der Waals surface area contributed by atoms with Gasteiger partial charge >= 0.3 is 0 Å². The number of nitrogens with one attached hydrogen (secondary N) is 2. The number of piperidine rings is 1. The predicted octanol–water partition coefficient (Wildman–Crippen LogP) is 2.82. The van der Waals surface area contributed by atoms with Crippen LogP contribution in [-0.4, -0.2) is 38.0 Å². The van der Waals surface area contributed by atoms with Crippen LogP contribution in [0.3, 0.4) is 0 Å². The van der Waals surface area contributed by atoms with E-state index in [-0.39, 0.29) is 16.7 Å². The van der Waals surface area contributed by atoms with E-state index in [0.29, 0.717) is 31.6 Å². The molecule has 2 aromatic carbocycles. The van der Waals surface area contributed by atoms with Crippen molar-refractivity contribution >= 4 is 21.6 Å². The fourth-order valence-corrected chi connectivity index (χ4v) is 5.55. The van der Waals surface area contributed by atoms with Gasteiger partial charge < -0.3 is 10.2 Å². The van der Waals surface area contributed by atoms with Crippen LogP contribution in [0.5, 0.6) is 0 Å². The summed E-state index contributed by atoms with van der Waals surface area (Å²) in [6.45, 7) is 4.96. The van der Waals surface area contributed by atoms with E-state index in [1.807, 2.05) is 49.1 Å². The number of carbonyl (C=O) groups is 1. The molecule has 7 heteroatoms. The maximum atomic E-state index is 12.9. The quantitative estimate of drug-likeness (QED) is 0.814. The molecule has 1 fully saturated rings. The molecule has 1 unspecified atom stereocenters. The van der Waals surface area contributed by atoms with E-state index in [9.17, 15) is 13.2 Å². The smallest absolute Gasteiger partial charge is 0.244 e. The highest BCUT2D eigenvalue weighted by molar-refractivity contribution is 7.89. The standard InChI is InChI=1S/C21H25N3O3S/c1-15-7-9-17(10-8-15)16(2)20(25)24-13-11-21(12-14-24)22-18-5-3-4-6-19(18)28(26,27)23-21/h3-10,16,22-23H,11-14H2,1-2H3. The first-order chi connectivity index (χ1) is 13.3. The van der Waals surface area contributed by atoms with Crippen LogP contribution in [-0.2, 0) is 14.8 Å². The van der Waals surface area contributed by atoms with Crippen molar-refractivity contribution < 1.29 is 13.2 Å². The number of hydrogen-bond donors (Lipinski definition) is 2. The van der Waals surface area contributed by atoms with Gasteiger partial charge in [-0.3, -0.25) is 4.79 Å². The fourth-order valence-electron chi connectivity index (χ4n) is 4.01. The first-order valence-electron chi connectivity index (χ1n) is 9.56. The van der Waals surface area contributed by atoms with E-state index < -0.39 is 15.7 Å². The van der Waals surface area contributed by atoms with Gasteiger partial charge in [0.1, 0.15) is 10.6 Å². The number of amides is 1. The molecule has 0 bridgehead atoms. The summed E-state index contributed by atoms with van der Waals surface area (Å²) in [4.78, 5) is 15.1. The van der Waals surface area contributed by atoms with Gasteiger partial charge in [-0.1, -0.05) is 42.0 Å². The highest BCUT2D eigenvalue weighted by Crippen LogP contribution is 2.35. The summed E-state index contributed by atoms with van der Waals surface area (Å²) in [5.41, 5.74) is 2.05. The Balaban J connectivity index is 1.47. The molecule has 0 radical (unpaired) electrons. The van der Waals surface area contributed by atoms with Gasteiger partial charge in [0.05, 0.1) is 11.6 Å². The molecule has 148 valence electrons. The van der Waals surface area contributed by atoms with Gasteiger partial charge in [-0.25, -0.2) is 8.42 Å². The van der Waals surface area contributed by atoms with Crippen LogP contribution in [0.2, 0.25) is 0 Å². The van der Waals surface area contributed by atoms with E-state index in [0.717, 1.165) is 5.56 Å². The summed E-state index contributed by atoms with van der Waals surface area (Å²) in [6.07, 6.45) is 1.04. The van der Waals surface area contributed by atoms with Crippen molar-refractivity contribution in [2.75, 3.05) is 18.4 Å². The third-order valence-electron chi connectivity index (χ3n) is 5.76. The summed E-state index contributed by atoms with van der Waals surface area (Å²) in [5, 5.41) is 3.37. The number of nitrogens with zero attached hydrogens (tertiary/aromatic N) is 1. The summed E-state index contributed by atoms with van der Waals surface area (Å²) >= 11 is 0. The van der Waals surface area contributed by atoms with E-state index in [1.54, 1.807) is 18.2 Å². The Morgan fingerprint density at radius 3 is 2.39 bits per heavy atom. The first kappa shape index (κ1) is 19.0. The number of likely N-dealkylation sites (tertiary alicyclic amines) is 1. The number of hydrogen-bond acceptors (Lipinski definition) is 4. The molecule has 4 rings (SSSR count). The maximum Gasteiger partial charge on any atom is 0.244 e. The SMILES string of the molecule is Cc1ccc(C(C)C(=O)N2CCC3(CC2)Nc2ccccc2S(=O)(=O)N3)cc1. The molecule has 6 nitrogen and oxygen atoms in total. The van der Waals surface area contributed by atoms with Gasteiger partial charge in [-0.05, 0) is 31.5 Å². The van der Waals surface area contributed by atoms with Gasteiger partial charge in [-0.15, -0.1) is 0 Å². The minimum Gasteiger partial charge on any atom is -0.365 e. The van der Waals surface area contributed by atoms with Crippen LogP contribution < -0.4 is 10.0 Å². The average molecular weight is 400 g/mol. The second kappa shape index (κ2) is 6.90. The van der Waals surface area contributed by atoms with Crippen molar-refractivity contribution in [2.45, 2.75) is 43.2 Å². The van der Waals surface area contributed by atoms with Gasteiger partial charge in [0, 0.05) is 25.9 Å². The van der Waals surface area contributed by atoms with Gasteiger partial charge in [-0.2, -0.15) is 4.72 Å². The molecule has 28 heavy (non-hydrogen) atoms. The molecule has 2 heterocycles. The monoisotopic (exact) mass is 399 g/mol. The van der Waals surface area contributed by atoms with E-state index in [2.05, 4.69) is 10.0 Å². The molecule has 1 atom stereocenters. The van der Waals surface area contributed by atoms with Crippen LogP contribution in [0.4, 0.5) is 5.69 Å². The van der Waals surface area contributed by atoms with E-state index in [1.165, 1.54) is 5.56 Å². The number of carbonyl (C=O) groups excluding carboxylic acids is 1. The van der Waals surface area contributed by atoms with Gasteiger partial charge in [0.15, 0.2) is 0 Å². The highest BCUT2D eigenvalue weighted by Gasteiger charge is 2.44. The van der Waals surface area contributed by atoms with Crippen molar-refractivity contribution in [3.8, 4) is 0 Å². The molecule has 2 N–H and O–H groups in total. The lowest BCUT2D eigenvalue weighted by atomic mass is 9.94. The summed E-state index contributed by atoms with van der Waals surface area (Å²) < 4.78 is 28.1. The Kier molecular flexibility index (Phi) is 4.67. The molecule has 1 saturated heterocycles. The first-order valence-corrected chi connectivity index (χ1v) is 11.0. The number of sulfonamides is 1. The third kappa shape index (κ3) is 3.40. The Morgan fingerprint density at radius 1 is 1.07 bits per heavy atom. The molecule has 2 aromatic rings. The van der Waals surface area contributed by atoms with E-state index in [4.69, 9.17) is 0 Å². The Bertz CT molecular complexity index is 994. The summed E-state index contributed by atoms with van der Waals surface area (Å²) in [6, 6.07) is 14.9. The molecule has 2 aliphatic rings. The average Bonchev–Trinajstić information content (AvgIpc) is 2.67. The van der Waals surface area contributed by atoms with Crippen LogP contribution in [0.15, 0.2) is 53.4 Å². The Labute approximate surface area is 166 Å². The molecule has 1 spiro atoms. The number of aryl methyl sites for hydroxylation is 1. The predicted molar refractivity (Wildman–Crippen MR) is 109 cm³/mol. The topological polar surface area (TPSA) is 78.5 Å². The Hall–Kier alpha value is -2.38. The molecular formula is C21H25N3O3S. The molecular weight excluding hydrogens is 374 g/mol. The molecule has 0 saturated carbocycles. The lowest BCUT2D eigenvalue weighted by Crippen LogP contribution is -2.62. The number of anilines is 1. The number of fused-ring (bicyclic) bond motifs is 1. The lowest BCUT2D eigenvalue weighted by molar-refractivity contribution is -0.133. The van der Waals surface area contributed by atoms with Gasteiger partial charge in [0.25, 0.3) is 0 Å². The Morgan fingerprint density at radius 2 is 1.71 bits per heavy atom. The van der Waals surface area contributed by atoms with Crippen molar-refractivity contribution in [3.63, 3.8) is 0 Å². The fraction of sp³-hybridized carbons (Fsp3) is 0.381. The molecule has 2 aliphatic heterocycles. The summed E-state index contributed by atoms with van der Waals surface area (Å²) in [5.74, 6) is -0.135.